The number of β-amino-alcohol motifs (C(OH)–C–C–N with tert-alkyl or cyclic N) is 1. The van der Waals surface area contributed by atoms with Crippen LogP contribution in [-0.2, 0) is 6.42 Å². The number of piperazine rings is 1. The van der Waals surface area contributed by atoms with Crippen LogP contribution < -0.4 is 4.90 Å². The van der Waals surface area contributed by atoms with Gasteiger partial charge in [0, 0.05) is 38.4 Å². The summed E-state index contributed by atoms with van der Waals surface area (Å²) in [6.07, 6.45) is 4.20. The lowest BCUT2D eigenvalue weighted by Crippen LogP contribution is -2.47. The molecule has 0 spiro atoms. The molecule has 18 heavy (non-hydrogen) atoms. The van der Waals surface area contributed by atoms with E-state index in [1.165, 1.54) is 11.4 Å². The van der Waals surface area contributed by atoms with E-state index < -0.39 is 0 Å². The number of aliphatic hydroxyl groups excluding tert-OH is 1. The summed E-state index contributed by atoms with van der Waals surface area (Å²) in [5.41, 5.74) is 2.40. The van der Waals surface area contributed by atoms with E-state index in [0.717, 1.165) is 45.6 Å². The maximum Gasteiger partial charge on any atom is 0.0558 e. The second kappa shape index (κ2) is 6.71. The van der Waals surface area contributed by atoms with Gasteiger partial charge in [-0.3, -0.25) is 9.88 Å². The molecule has 0 amide bonds. The summed E-state index contributed by atoms with van der Waals surface area (Å²) in [6, 6.07) is 4.32. The predicted molar refractivity (Wildman–Crippen MR) is 74.0 cm³/mol. The Kier molecular flexibility index (Phi) is 4.96. The zero-order valence-electron chi connectivity index (χ0n) is 11.2. The van der Waals surface area contributed by atoms with Crippen molar-refractivity contribution >= 4 is 5.69 Å². The Morgan fingerprint density at radius 1 is 1.22 bits per heavy atom. The van der Waals surface area contributed by atoms with Crippen LogP contribution in [0.25, 0.3) is 0 Å². The summed E-state index contributed by atoms with van der Waals surface area (Å²) in [7, 11) is 0. The first-order chi connectivity index (χ1) is 8.83. The highest BCUT2D eigenvalue weighted by Crippen LogP contribution is 2.15. The van der Waals surface area contributed by atoms with Gasteiger partial charge in [-0.05, 0) is 18.6 Å². The van der Waals surface area contributed by atoms with Crippen molar-refractivity contribution in [1.82, 2.24) is 9.88 Å². The van der Waals surface area contributed by atoms with E-state index in [9.17, 15) is 0 Å². The normalized spacial score (nSPS) is 17.1. The van der Waals surface area contributed by atoms with Crippen molar-refractivity contribution in [2.45, 2.75) is 19.8 Å². The highest BCUT2D eigenvalue weighted by Gasteiger charge is 2.16. The molecule has 0 aliphatic carbocycles. The molecule has 4 heteroatoms. The van der Waals surface area contributed by atoms with Gasteiger partial charge in [0.05, 0.1) is 18.5 Å². The number of pyridine rings is 1. The fourth-order valence-corrected chi connectivity index (χ4v) is 2.38. The summed E-state index contributed by atoms with van der Waals surface area (Å²) in [5.74, 6) is 0. The van der Waals surface area contributed by atoms with Crippen LogP contribution in [0.3, 0.4) is 0 Å². The molecule has 1 aliphatic heterocycles. The van der Waals surface area contributed by atoms with E-state index in [4.69, 9.17) is 5.11 Å². The number of hydrogen-bond donors (Lipinski definition) is 1. The summed E-state index contributed by atoms with van der Waals surface area (Å²) in [6.45, 7) is 7.32. The highest BCUT2D eigenvalue weighted by atomic mass is 16.3. The molecule has 0 unspecified atom stereocenters. The summed E-state index contributed by atoms with van der Waals surface area (Å²) < 4.78 is 0. The number of aliphatic hydroxyl groups is 1. The SMILES string of the molecule is CCCc1ccc(N2CCN(CCO)CC2)cn1. The second-order valence-corrected chi connectivity index (χ2v) is 4.81. The van der Waals surface area contributed by atoms with Gasteiger partial charge < -0.3 is 10.0 Å². The lowest BCUT2D eigenvalue weighted by Gasteiger charge is -2.35. The highest BCUT2D eigenvalue weighted by molar-refractivity contribution is 5.45. The maximum atomic E-state index is 8.92. The predicted octanol–water partition coefficient (Wildman–Crippen LogP) is 1.15. The van der Waals surface area contributed by atoms with E-state index >= 15 is 0 Å². The molecule has 1 saturated heterocycles. The first-order valence-corrected chi connectivity index (χ1v) is 6.86. The maximum absolute atomic E-state index is 8.92. The topological polar surface area (TPSA) is 39.6 Å². The monoisotopic (exact) mass is 249 g/mol. The van der Waals surface area contributed by atoms with Crippen molar-refractivity contribution in [1.29, 1.82) is 0 Å². The lowest BCUT2D eigenvalue weighted by atomic mass is 10.2. The number of aromatic nitrogens is 1. The average Bonchev–Trinajstić information content (AvgIpc) is 2.41. The molecule has 0 radical (unpaired) electrons. The molecule has 1 N–H and O–H groups in total. The number of aryl methyl sites for hydroxylation is 1. The number of rotatable bonds is 5. The van der Waals surface area contributed by atoms with Gasteiger partial charge in [-0.1, -0.05) is 13.3 Å². The van der Waals surface area contributed by atoms with Gasteiger partial charge in [0.1, 0.15) is 0 Å². The molecule has 0 saturated carbocycles. The Hall–Kier alpha value is -1.13. The van der Waals surface area contributed by atoms with Gasteiger partial charge in [-0.25, -0.2) is 0 Å². The molecule has 0 atom stereocenters. The quantitative estimate of drug-likeness (QED) is 0.850. The molecule has 1 fully saturated rings. The van der Waals surface area contributed by atoms with E-state index in [1.807, 2.05) is 6.20 Å². The van der Waals surface area contributed by atoms with Crippen LogP contribution in [-0.4, -0.2) is 54.3 Å². The Bertz CT molecular complexity index is 345. The zero-order chi connectivity index (χ0) is 12.8. The van der Waals surface area contributed by atoms with Crippen molar-refractivity contribution in [3.63, 3.8) is 0 Å². The number of nitrogens with zero attached hydrogens (tertiary/aromatic N) is 3. The largest absolute Gasteiger partial charge is 0.395 e. The molecule has 0 aromatic carbocycles. The van der Waals surface area contributed by atoms with Crippen LogP contribution in [0.5, 0.6) is 0 Å². The summed E-state index contributed by atoms with van der Waals surface area (Å²) in [4.78, 5) is 9.18. The van der Waals surface area contributed by atoms with Crippen LogP contribution in [0.4, 0.5) is 5.69 Å². The standard InChI is InChI=1S/C14H23N3O/c1-2-3-13-4-5-14(12-15-13)17-8-6-16(7-9-17)10-11-18/h4-5,12,18H,2-3,6-11H2,1H3. The van der Waals surface area contributed by atoms with Crippen LogP contribution in [0, 0.1) is 0 Å². The second-order valence-electron chi connectivity index (χ2n) is 4.81. The molecule has 1 aromatic heterocycles. The molecule has 1 aromatic rings. The summed E-state index contributed by atoms with van der Waals surface area (Å²) >= 11 is 0. The minimum atomic E-state index is 0.257. The molecular weight excluding hydrogens is 226 g/mol. The van der Waals surface area contributed by atoms with Crippen molar-refractivity contribution in [3.8, 4) is 0 Å². The van der Waals surface area contributed by atoms with Crippen molar-refractivity contribution in [2.24, 2.45) is 0 Å². The first-order valence-electron chi connectivity index (χ1n) is 6.86. The minimum Gasteiger partial charge on any atom is -0.395 e. The van der Waals surface area contributed by atoms with Crippen LogP contribution >= 0.6 is 0 Å². The van der Waals surface area contributed by atoms with E-state index in [-0.39, 0.29) is 6.61 Å². The molecular formula is C14H23N3O. The van der Waals surface area contributed by atoms with Crippen molar-refractivity contribution in [3.05, 3.63) is 24.0 Å². The first kappa shape index (κ1) is 13.3. The van der Waals surface area contributed by atoms with Gasteiger partial charge in [-0.15, -0.1) is 0 Å². The van der Waals surface area contributed by atoms with E-state index in [0.29, 0.717) is 0 Å². The molecule has 100 valence electrons. The third kappa shape index (κ3) is 3.43. The van der Waals surface area contributed by atoms with E-state index in [2.05, 4.69) is 33.8 Å². The molecule has 0 bridgehead atoms. The number of anilines is 1. The zero-order valence-corrected chi connectivity index (χ0v) is 11.2. The molecule has 4 nitrogen and oxygen atoms in total. The van der Waals surface area contributed by atoms with Crippen LogP contribution in [0.1, 0.15) is 19.0 Å². The molecule has 1 aliphatic rings. The fourth-order valence-electron chi connectivity index (χ4n) is 2.38. The van der Waals surface area contributed by atoms with Gasteiger partial charge in [0.25, 0.3) is 0 Å². The van der Waals surface area contributed by atoms with Gasteiger partial charge >= 0.3 is 0 Å². The lowest BCUT2D eigenvalue weighted by molar-refractivity contribution is 0.189. The van der Waals surface area contributed by atoms with E-state index in [1.54, 1.807) is 0 Å². The Labute approximate surface area is 109 Å². The Morgan fingerprint density at radius 3 is 2.56 bits per heavy atom. The van der Waals surface area contributed by atoms with Crippen molar-refractivity contribution < 1.29 is 5.11 Å². The van der Waals surface area contributed by atoms with Gasteiger partial charge in [0.2, 0.25) is 0 Å². The van der Waals surface area contributed by atoms with Crippen LogP contribution in [0.2, 0.25) is 0 Å². The average molecular weight is 249 g/mol. The van der Waals surface area contributed by atoms with Crippen LogP contribution in [0.15, 0.2) is 18.3 Å². The fraction of sp³-hybridized carbons (Fsp3) is 0.643. The Balaban J connectivity index is 1.89. The smallest absolute Gasteiger partial charge is 0.0558 e. The third-order valence-corrected chi connectivity index (χ3v) is 3.47. The Morgan fingerprint density at radius 2 is 2.00 bits per heavy atom. The van der Waals surface area contributed by atoms with Gasteiger partial charge in [-0.2, -0.15) is 0 Å². The minimum absolute atomic E-state index is 0.257. The molecule has 2 heterocycles. The molecule has 2 rings (SSSR count). The summed E-state index contributed by atoms with van der Waals surface area (Å²) in [5, 5.41) is 8.92. The van der Waals surface area contributed by atoms with Crippen molar-refractivity contribution in [2.75, 3.05) is 44.2 Å². The van der Waals surface area contributed by atoms with Gasteiger partial charge in [0.15, 0.2) is 0 Å². The number of hydrogen-bond acceptors (Lipinski definition) is 4. The third-order valence-electron chi connectivity index (χ3n) is 3.47.